The molecule has 2 rings (SSSR count). The van der Waals surface area contributed by atoms with E-state index in [0.717, 1.165) is 11.3 Å². The zero-order chi connectivity index (χ0) is 24.6. The van der Waals surface area contributed by atoms with Gasteiger partial charge in [-0.1, -0.05) is 38.5 Å². The molecule has 0 aliphatic rings. The van der Waals surface area contributed by atoms with Crippen LogP contribution in [0.1, 0.15) is 51.2 Å². The number of hydrogen-bond donors (Lipinski definition) is 2. The largest absolute Gasteiger partial charge is 0.497 e. The third-order valence-corrected chi connectivity index (χ3v) is 5.07. The highest BCUT2D eigenvalue weighted by Crippen LogP contribution is 2.28. The average molecular weight is 455 g/mol. The second-order valence-corrected chi connectivity index (χ2v) is 9.08. The number of nitrogens with one attached hydrogen (secondary N) is 2. The van der Waals surface area contributed by atoms with Crippen molar-refractivity contribution < 1.29 is 23.9 Å². The summed E-state index contributed by atoms with van der Waals surface area (Å²) in [7, 11) is 1.51. The number of methoxy groups -OCH3 is 1. The normalized spacial score (nSPS) is 11.0. The van der Waals surface area contributed by atoms with Crippen LogP contribution in [-0.4, -0.2) is 31.3 Å². The Hall–Kier alpha value is -3.35. The van der Waals surface area contributed by atoms with Crippen LogP contribution in [0.4, 0.5) is 11.4 Å². The van der Waals surface area contributed by atoms with E-state index < -0.39 is 11.3 Å². The SMILES string of the molecule is COc1ccc(NC(=O)CCCOc2ccc(C)cc2C)c(NC(=O)CC(=O)C(C)(C)C)c1. The predicted octanol–water partition coefficient (Wildman–Crippen LogP) is 5.05. The number of carbonyl (C=O) groups is 3. The van der Waals surface area contributed by atoms with E-state index in [4.69, 9.17) is 9.47 Å². The van der Waals surface area contributed by atoms with Crippen molar-refractivity contribution in [1.29, 1.82) is 0 Å². The van der Waals surface area contributed by atoms with Gasteiger partial charge in [-0.25, -0.2) is 0 Å². The Morgan fingerprint density at radius 3 is 2.24 bits per heavy atom. The Morgan fingerprint density at radius 2 is 1.61 bits per heavy atom. The summed E-state index contributed by atoms with van der Waals surface area (Å²) in [4.78, 5) is 37.0. The number of Topliss-reactive ketones (excluding diaryl/α,β-unsaturated/α-hetero) is 1. The maximum atomic E-state index is 12.5. The molecule has 178 valence electrons. The fourth-order valence-electron chi connectivity index (χ4n) is 3.06. The fourth-order valence-corrected chi connectivity index (χ4v) is 3.06. The van der Waals surface area contributed by atoms with Crippen molar-refractivity contribution in [3.63, 3.8) is 0 Å². The summed E-state index contributed by atoms with van der Waals surface area (Å²) in [6.45, 7) is 9.73. The zero-order valence-electron chi connectivity index (χ0n) is 20.3. The number of carbonyl (C=O) groups excluding carboxylic acids is 3. The van der Waals surface area contributed by atoms with Gasteiger partial charge in [-0.3, -0.25) is 14.4 Å². The van der Waals surface area contributed by atoms with Gasteiger partial charge in [-0.15, -0.1) is 0 Å². The Labute approximate surface area is 195 Å². The molecule has 33 heavy (non-hydrogen) atoms. The van der Waals surface area contributed by atoms with E-state index in [2.05, 4.69) is 16.7 Å². The van der Waals surface area contributed by atoms with Crippen molar-refractivity contribution in [2.45, 2.75) is 53.9 Å². The number of amides is 2. The number of ketones is 1. The summed E-state index contributed by atoms with van der Waals surface area (Å²) < 4.78 is 11.0. The minimum absolute atomic E-state index is 0.169. The van der Waals surface area contributed by atoms with Crippen LogP contribution in [0.3, 0.4) is 0 Å². The molecule has 0 unspecified atom stereocenters. The zero-order valence-corrected chi connectivity index (χ0v) is 20.3. The number of benzene rings is 2. The molecule has 0 aliphatic heterocycles. The molecular formula is C26H34N2O5. The first-order valence-corrected chi connectivity index (χ1v) is 11.0. The minimum atomic E-state index is -0.609. The first-order valence-electron chi connectivity index (χ1n) is 11.0. The number of anilines is 2. The van der Waals surface area contributed by atoms with Gasteiger partial charge >= 0.3 is 0 Å². The van der Waals surface area contributed by atoms with Gasteiger partial charge in [0, 0.05) is 17.9 Å². The molecule has 0 bridgehead atoms. The Bertz CT molecular complexity index is 1010. The first kappa shape index (κ1) is 25.9. The third-order valence-electron chi connectivity index (χ3n) is 5.07. The van der Waals surface area contributed by atoms with Crippen LogP contribution in [-0.2, 0) is 14.4 Å². The van der Waals surface area contributed by atoms with Gasteiger partial charge < -0.3 is 20.1 Å². The Morgan fingerprint density at radius 1 is 0.909 bits per heavy atom. The summed E-state index contributed by atoms with van der Waals surface area (Å²) in [5.41, 5.74) is 2.43. The lowest BCUT2D eigenvalue weighted by Gasteiger charge is -2.17. The molecule has 0 radical (unpaired) electrons. The third kappa shape index (κ3) is 8.25. The molecule has 0 aromatic heterocycles. The summed E-state index contributed by atoms with van der Waals surface area (Å²) in [5.74, 6) is 0.516. The van der Waals surface area contributed by atoms with Crippen LogP contribution in [0.15, 0.2) is 36.4 Å². The van der Waals surface area contributed by atoms with E-state index in [1.807, 2.05) is 26.0 Å². The number of rotatable bonds is 10. The van der Waals surface area contributed by atoms with Crippen molar-refractivity contribution in [2.75, 3.05) is 24.4 Å². The van der Waals surface area contributed by atoms with Gasteiger partial charge in [0.1, 0.15) is 17.3 Å². The smallest absolute Gasteiger partial charge is 0.231 e. The molecule has 2 aromatic carbocycles. The van der Waals surface area contributed by atoms with Gasteiger partial charge in [0.05, 0.1) is 31.5 Å². The molecule has 2 amide bonds. The van der Waals surface area contributed by atoms with E-state index in [1.165, 1.54) is 12.7 Å². The van der Waals surface area contributed by atoms with E-state index in [9.17, 15) is 14.4 Å². The average Bonchev–Trinajstić information content (AvgIpc) is 2.73. The lowest BCUT2D eigenvalue weighted by molar-refractivity contribution is -0.130. The van der Waals surface area contributed by atoms with Crippen LogP contribution in [0.2, 0.25) is 0 Å². The van der Waals surface area contributed by atoms with Crippen molar-refractivity contribution in [3.05, 3.63) is 47.5 Å². The maximum absolute atomic E-state index is 12.5. The molecule has 0 atom stereocenters. The van der Waals surface area contributed by atoms with Crippen LogP contribution >= 0.6 is 0 Å². The first-order chi connectivity index (χ1) is 15.5. The molecule has 0 spiro atoms. The van der Waals surface area contributed by atoms with Gasteiger partial charge in [0.15, 0.2) is 0 Å². The van der Waals surface area contributed by atoms with Gasteiger partial charge in [0.2, 0.25) is 11.8 Å². The highest BCUT2D eigenvalue weighted by atomic mass is 16.5. The van der Waals surface area contributed by atoms with Crippen molar-refractivity contribution in [2.24, 2.45) is 5.41 Å². The predicted molar refractivity (Wildman–Crippen MR) is 130 cm³/mol. The molecule has 0 saturated carbocycles. The molecule has 7 heteroatoms. The lowest BCUT2D eigenvalue weighted by atomic mass is 9.89. The molecule has 0 aliphatic carbocycles. The van der Waals surface area contributed by atoms with Crippen LogP contribution in [0.25, 0.3) is 0 Å². The van der Waals surface area contributed by atoms with Crippen molar-refractivity contribution in [3.8, 4) is 11.5 Å². The van der Waals surface area contributed by atoms with Crippen LogP contribution < -0.4 is 20.1 Å². The second kappa shape index (κ2) is 11.5. The van der Waals surface area contributed by atoms with Gasteiger partial charge in [-0.2, -0.15) is 0 Å². The maximum Gasteiger partial charge on any atom is 0.231 e. The van der Waals surface area contributed by atoms with Crippen molar-refractivity contribution in [1.82, 2.24) is 0 Å². The molecule has 2 aromatic rings. The van der Waals surface area contributed by atoms with Gasteiger partial charge in [0.25, 0.3) is 0 Å². The topological polar surface area (TPSA) is 93.7 Å². The Balaban J connectivity index is 1.94. The summed E-state index contributed by atoms with van der Waals surface area (Å²) in [6.07, 6.45) is 0.549. The summed E-state index contributed by atoms with van der Waals surface area (Å²) >= 11 is 0. The minimum Gasteiger partial charge on any atom is -0.497 e. The van der Waals surface area contributed by atoms with E-state index >= 15 is 0 Å². The molecule has 0 heterocycles. The van der Waals surface area contributed by atoms with Crippen LogP contribution in [0, 0.1) is 19.3 Å². The van der Waals surface area contributed by atoms with Gasteiger partial charge in [-0.05, 0) is 44.0 Å². The van der Waals surface area contributed by atoms with Crippen LogP contribution in [0.5, 0.6) is 11.5 Å². The number of ether oxygens (including phenoxy) is 2. The summed E-state index contributed by atoms with van der Waals surface area (Å²) in [6, 6.07) is 10.9. The molecule has 0 fully saturated rings. The highest BCUT2D eigenvalue weighted by molar-refractivity contribution is 6.08. The second-order valence-electron chi connectivity index (χ2n) is 9.08. The molecule has 2 N–H and O–H groups in total. The quantitative estimate of drug-likeness (QED) is 0.387. The standard InChI is InChI=1S/C26H34N2O5/c1-17-9-12-22(18(2)14-17)33-13-7-8-24(30)27-20-11-10-19(32-6)15-21(20)28-25(31)16-23(29)26(3,4)5/h9-12,14-15H,7-8,13,16H2,1-6H3,(H,27,30)(H,28,31). The molecular weight excluding hydrogens is 420 g/mol. The van der Waals surface area contributed by atoms with E-state index in [0.29, 0.717) is 30.2 Å². The monoisotopic (exact) mass is 454 g/mol. The van der Waals surface area contributed by atoms with E-state index in [1.54, 1.807) is 39.0 Å². The fraction of sp³-hybridized carbons (Fsp3) is 0.423. The molecule has 7 nitrogen and oxygen atoms in total. The number of hydrogen-bond acceptors (Lipinski definition) is 5. The lowest BCUT2D eigenvalue weighted by Crippen LogP contribution is -2.26. The number of aryl methyl sites for hydroxylation is 2. The highest BCUT2D eigenvalue weighted by Gasteiger charge is 2.24. The van der Waals surface area contributed by atoms with E-state index in [-0.39, 0.29) is 24.5 Å². The Kier molecular flexibility index (Phi) is 9.02. The molecule has 0 saturated heterocycles. The summed E-state index contributed by atoms with van der Waals surface area (Å²) in [5, 5.41) is 5.53. The van der Waals surface area contributed by atoms with Crippen molar-refractivity contribution >= 4 is 29.0 Å².